The molecule has 4 aromatic rings. The number of ketones is 1. The third-order valence-corrected chi connectivity index (χ3v) is 6.93. The molecule has 0 amide bonds. The van der Waals surface area contributed by atoms with E-state index in [0.29, 0.717) is 31.8 Å². The number of aromatic nitrogens is 1. The first kappa shape index (κ1) is 26.2. The topological polar surface area (TPSA) is 95.3 Å². The number of benzene rings is 2. The van der Waals surface area contributed by atoms with Crippen LogP contribution in [0.15, 0.2) is 63.8 Å². The lowest BCUT2D eigenvalue weighted by molar-refractivity contribution is -0.384. The molecule has 0 saturated heterocycles. The standard InChI is InChI=1S/C27H22ClFN2O5S/c1-27(2,3)24(32)14-25-30(15-17-7-8-18(29)12-21(17)28)26(33)23(37-25)13-20-9-10-22(36-20)16-5-4-6-19(11-16)31(34)35/h4-14H,15H2,1-3H3/b23-13+,25-14-. The zero-order chi connectivity index (χ0) is 26.9. The molecule has 7 nitrogen and oxygen atoms in total. The van der Waals surface area contributed by atoms with E-state index in [9.17, 15) is 24.1 Å². The molecule has 0 saturated carbocycles. The van der Waals surface area contributed by atoms with Crippen LogP contribution in [0.5, 0.6) is 0 Å². The van der Waals surface area contributed by atoms with Gasteiger partial charge in [-0.15, -0.1) is 11.3 Å². The van der Waals surface area contributed by atoms with E-state index in [-0.39, 0.29) is 28.6 Å². The molecule has 190 valence electrons. The lowest BCUT2D eigenvalue weighted by atomic mass is 9.91. The summed E-state index contributed by atoms with van der Waals surface area (Å²) in [5, 5.41) is 11.3. The maximum absolute atomic E-state index is 13.5. The molecular formula is C27H22ClFN2O5S. The second-order valence-electron chi connectivity index (χ2n) is 9.34. The Morgan fingerprint density at radius 1 is 1.19 bits per heavy atom. The molecule has 0 bridgehead atoms. The Morgan fingerprint density at radius 3 is 2.62 bits per heavy atom. The van der Waals surface area contributed by atoms with Gasteiger partial charge in [0.1, 0.15) is 22.0 Å². The van der Waals surface area contributed by atoms with Gasteiger partial charge in [-0.25, -0.2) is 4.39 Å². The molecular weight excluding hydrogens is 519 g/mol. The van der Waals surface area contributed by atoms with Crippen LogP contribution >= 0.6 is 22.9 Å². The van der Waals surface area contributed by atoms with Gasteiger partial charge in [0.15, 0.2) is 5.78 Å². The van der Waals surface area contributed by atoms with E-state index < -0.39 is 16.2 Å². The Bertz CT molecular complexity index is 1690. The third kappa shape index (κ3) is 5.95. The van der Waals surface area contributed by atoms with Gasteiger partial charge < -0.3 is 4.42 Å². The third-order valence-electron chi connectivity index (χ3n) is 5.52. The maximum Gasteiger partial charge on any atom is 0.270 e. The van der Waals surface area contributed by atoms with Crippen LogP contribution in [0, 0.1) is 21.3 Å². The van der Waals surface area contributed by atoms with Gasteiger partial charge in [0, 0.05) is 40.3 Å². The highest BCUT2D eigenvalue weighted by molar-refractivity contribution is 7.07. The summed E-state index contributed by atoms with van der Waals surface area (Å²) in [6.07, 6.45) is 2.98. The Kier molecular flexibility index (Phi) is 7.29. The molecule has 0 aliphatic rings. The van der Waals surface area contributed by atoms with Gasteiger partial charge in [0.2, 0.25) is 0 Å². The molecule has 0 fully saturated rings. The molecule has 0 aliphatic carbocycles. The van der Waals surface area contributed by atoms with Crippen molar-refractivity contribution >= 4 is 46.6 Å². The highest BCUT2D eigenvalue weighted by Gasteiger charge is 2.20. The second-order valence-corrected chi connectivity index (χ2v) is 10.8. The Labute approximate surface area is 219 Å². The number of halogens is 2. The van der Waals surface area contributed by atoms with E-state index in [0.717, 1.165) is 11.3 Å². The van der Waals surface area contributed by atoms with Crippen molar-refractivity contribution in [2.24, 2.45) is 5.41 Å². The first-order chi connectivity index (χ1) is 17.4. The maximum atomic E-state index is 13.5. The zero-order valence-corrected chi connectivity index (χ0v) is 21.7. The Morgan fingerprint density at radius 2 is 1.95 bits per heavy atom. The molecule has 0 unspecified atom stereocenters. The predicted molar refractivity (Wildman–Crippen MR) is 142 cm³/mol. The minimum atomic E-state index is -0.656. The first-order valence-corrected chi connectivity index (χ1v) is 12.4. The minimum Gasteiger partial charge on any atom is -0.457 e. The number of rotatable bonds is 6. The lowest BCUT2D eigenvalue weighted by Crippen LogP contribution is -2.33. The molecule has 2 heterocycles. The van der Waals surface area contributed by atoms with Crippen molar-refractivity contribution in [2.75, 3.05) is 0 Å². The predicted octanol–water partition coefficient (Wildman–Crippen LogP) is 5.14. The number of Topliss-reactive ketones (excluding diaryl/α,β-unsaturated/α-hetero) is 1. The summed E-state index contributed by atoms with van der Waals surface area (Å²) in [4.78, 5) is 36.7. The molecule has 37 heavy (non-hydrogen) atoms. The van der Waals surface area contributed by atoms with Crippen molar-refractivity contribution < 1.29 is 18.5 Å². The lowest BCUT2D eigenvalue weighted by Gasteiger charge is -2.13. The number of nitro benzene ring substituents is 1. The highest BCUT2D eigenvalue weighted by Crippen LogP contribution is 2.26. The van der Waals surface area contributed by atoms with Crippen LogP contribution in [0.1, 0.15) is 32.1 Å². The smallest absolute Gasteiger partial charge is 0.270 e. The SMILES string of the molecule is CC(C)(C)C(=O)/C=c1\s/c(=C/c2ccc(-c3cccc([N+](=O)[O-])c3)o2)c(=O)n1Cc1ccc(F)cc1Cl. The molecule has 0 N–H and O–H groups in total. The summed E-state index contributed by atoms with van der Waals surface area (Å²) in [5.74, 6) is 0.109. The van der Waals surface area contributed by atoms with Gasteiger partial charge in [-0.1, -0.05) is 50.6 Å². The van der Waals surface area contributed by atoms with Crippen LogP contribution in [-0.2, 0) is 11.3 Å². The number of carbonyl (C=O) groups is 1. The van der Waals surface area contributed by atoms with Crippen molar-refractivity contribution in [2.45, 2.75) is 27.3 Å². The van der Waals surface area contributed by atoms with Crippen molar-refractivity contribution in [3.63, 3.8) is 0 Å². The molecule has 2 aromatic carbocycles. The van der Waals surface area contributed by atoms with Crippen LogP contribution in [0.4, 0.5) is 10.1 Å². The van der Waals surface area contributed by atoms with Crippen LogP contribution < -0.4 is 14.8 Å². The number of furan rings is 1. The summed E-state index contributed by atoms with van der Waals surface area (Å²) >= 11 is 7.31. The number of nitro groups is 1. The molecule has 0 spiro atoms. The number of nitrogens with zero attached hydrogens (tertiary/aromatic N) is 2. The normalized spacial score (nSPS) is 12.8. The number of non-ortho nitro benzene ring substituents is 1. The van der Waals surface area contributed by atoms with E-state index >= 15 is 0 Å². The molecule has 4 rings (SSSR count). The van der Waals surface area contributed by atoms with Crippen molar-refractivity contribution in [3.8, 4) is 11.3 Å². The first-order valence-electron chi connectivity index (χ1n) is 11.2. The second kappa shape index (κ2) is 10.3. The molecule has 0 atom stereocenters. The van der Waals surface area contributed by atoms with Crippen LogP contribution in [0.2, 0.25) is 5.02 Å². The summed E-state index contributed by atoms with van der Waals surface area (Å²) < 4.78 is 21.5. The van der Waals surface area contributed by atoms with Gasteiger partial charge >= 0.3 is 0 Å². The molecule has 0 aliphatic heterocycles. The Hall–Kier alpha value is -3.82. The quantitative estimate of drug-likeness (QED) is 0.249. The summed E-state index contributed by atoms with van der Waals surface area (Å²) in [6.45, 7) is 5.39. The molecule has 10 heteroatoms. The van der Waals surface area contributed by atoms with E-state index in [1.54, 1.807) is 51.1 Å². The average molecular weight is 541 g/mol. The van der Waals surface area contributed by atoms with Gasteiger partial charge in [0.25, 0.3) is 11.2 Å². The van der Waals surface area contributed by atoms with Crippen LogP contribution in [0.3, 0.4) is 0 Å². The van der Waals surface area contributed by atoms with Crippen molar-refractivity contribution in [3.05, 3.63) is 106 Å². The summed E-state index contributed by atoms with van der Waals surface area (Å²) in [5.41, 5.74) is -0.0434. The number of thiazole rings is 1. The number of hydrogen-bond acceptors (Lipinski definition) is 6. The zero-order valence-electron chi connectivity index (χ0n) is 20.2. The summed E-state index contributed by atoms with van der Waals surface area (Å²) in [6, 6.07) is 13.3. The summed E-state index contributed by atoms with van der Waals surface area (Å²) in [7, 11) is 0. The van der Waals surface area contributed by atoms with E-state index in [1.807, 2.05) is 0 Å². The van der Waals surface area contributed by atoms with Gasteiger partial charge in [-0.05, 0) is 29.8 Å². The minimum absolute atomic E-state index is 0.0443. The Balaban J connectivity index is 1.81. The van der Waals surface area contributed by atoms with Crippen LogP contribution in [0.25, 0.3) is 23.5 Å². The fraction of sp³-hybridized carbons (Fsp3) is 0.185. The number of carbonyl (C=O) groups excluding carboxylic acids is 1. The van der Waals surface area contributed by atoms with E-state index in [4.69, 9.17) is 16.0 Å². The fourth-order valence-corrected chi connectivity index (χ4v) is 4.68. The van der Waals surface area contributed by atoms with E-state index in [2.05, 4.69) is 0 Å². The van der Waals surface area contributed by atoms with Gasteiger partial charge in [0.05, 0.1) is 16.0 Å². The van der Waals surface area contributed by atoms with Crippen LogP contribution in [-0.4, -0.2) is 15.3 Å². The largest absolute Gasteiger partial charge is 0.457 e. The van der Waals surface area contributed by atoms with Crippen molar-refractivity contribution in [1.29, 1.82) is 0 Å². The van der Waals surface area contributed by atoms with Crippen molar-refractivity contribution in [1.82, 2.24) is 4.57 Å². The average Bonchev–Trinajstić information content (AvgIpc) is 3.40. The molecule has 0 radical (unpaired) electrons. The highest BCUT2D eigenvalue weighted by atomic mass is 35.5. The van der Waals surface area contributed by atoms with Gasteiger partial charge in [-0.3, -0.25) is 24.3 Å². The van der Waals surface area contributed by atoms with E-state index in [1.165, 1.54) is 41.0 Å². The van der Waals surface area contributed by atoms with Gasteiger partial charge in [-0.2, -0.15) is 0 Å². The molecule has 2 aromatic heterocycles. The fourth-order valence-electron chi connectivity index (χ4n) is 3.43. The monoisotopic (exact) mass is 540 g/mol. The number of hydrogen-bond donors (Lipinski definition) is 0.